The molecule has 1 aromatic heterocycles. The van der Waals surface area contributed by atoms with E-state index in [0.717, 1.165) is 0 Å². The number of nitrogens with two attached hydrogens (primary N) is 1. The lowest BCUT2D eigenvalue weighted by atomic mass is 10.2. The van der Waals surface area contributed by atoms with E-state index in [1.165, 1.54) is 19.3 Å². The minimum Gasteiger partial charge on any atom is -0.467 e. The summed E-state index contributed by atoms with van der Waals surface area (Å²) < 4.78 is 46.6. The molecule has 3 nitrogen and oxygen atoms in total. The van der Waals surface area contributed by atoms with E-state index in [1.54, 1.807) is 6.07 Å². The lowest BCUT2D eigenvalue weighted by Crippen LogP contribution is -2.45. The van der Waals surface area contributed by atoms with Crippen LogP contribution < -0.4 is 5.73 Å². The molecule has 2 N–H and O–H groups in total. The molecule has 2 unspecified atom stereocenters. The second kappa shape index (κ2) is 4.67. The van der Waals surface area contributed by atoms with Gasteiger partial charge in [-0.05, 0) is 19.1 Å². The molecule has 0 aromatic carbocycles. The molecule has 0 aliphatic rings. The number of rotatable bonds is 4. The molecule has 0 radical (unpaired) electrons. The summed E-state index contributed by atoms with van der Waals surface area (Å²) >= 11 is 0. The summed E-state index contributed by atoms with van der Waals surface area (Å²) in [4.78, 5) is 0. The van der Waals surface area contributed by atoms with E-state index in [4.69, 9.17) is 10.2 Å². The van der Waals surface area contributed by atoms with E-state index in [1.807, 2.05) is 0 Å². The number of hydrogen-bond donors (Lipinski definition) is 1. The first kappa shape index (κ1) is 12.1. The Morgan fingerprint density at radius 1 is 1.53 bits per heavy atom. The van der Waals surface area contributed by atoms with Gasteiger partial charge in [-0.2, -0.15) is 13.2 Å². The van der Waals surface area contributed by atoms with Crippen LogP contribution in [0.1, 0.15) is 12.7 Å². The predicted molar refractivity (Wildman–Crippen MR) is 47.0 cm³/mol. The standard InChI is InChI=1S/C9H12F3NO2/c1-6(13)8(9(10,11)12)15-5-7-3-2-4-14-7/h2-4,6,8H,5,13H2,1H3. The maximum absolute atomic E-state index is 12.4. The summed E-state index contributed by atoms with van der Waals surface area (Å²) in [5, 5.41) is 0. The van der Waals surface area contributed by atoms with E-state index in [9.17, 15) is 13.2 Å². The van der Waals surface area contributed by atoms with Crippen LogP contribution in [0.2, 0.25) is 0 Å². The molecule has 0 aliphatic carbocycles. The van der Waals surface area contributed by atoms with Gasteiger partial charge < -0.3 is 14.9 Å². The Hall–Kier alpha value is -1.01. The highest BCUT2D eigenvalue weighted by molar-refractivity contribution is 4.96. The lowest BCUT2D eigenvalue weighted by molar-refractivity contribution is -0.229. The van der Waals surface area contributed by atoms with Crippen LogP contribution in [0.25, 0.3) is 0 Å². The average Bonchev–Trinajstić information content (AvgIpc) is 2.53. The first-order chi connectivity index (χ1) is 6.91. The highest BCUT2D eigenvalue weighted by Crippen LogP contribution is 2.25. The van der Waals surface area contributed by atoms with Crippen molar-refractivity contribution in [3.8, 4) is 0 Å². The third kappa shape index (κ3) is 3.56. The SMILES string of the molecule is CC(N)C(OCc1ccco1)C(F)(F)F. The number of alkyl halides is 3. The molecule has 6 heteroatoms. The van der Waals surface area contributed by atoms with Crippen molar-refractivity contribution in [1.29, 1.82) is 0 Å². The van der Waals surface area contributed by atoms with Gasteiger partial charge in [0.15, 0.2) is 6.10 Å². The molecule has 1 aromatic rings. The van der Waals surface area contributed by atoms with E-state index in [-0.39, 0.29) is 6.61 Å². The first-order valence-electron chi connectivity index (χ1n) is 4.37. The molecule has 0 fully saturated rings. The van der Waals surface area contributed by atoms with Crippen molar-refractivity contribution < 1.29 is 22.3 Å². The van der Waals surface area contributed by atoms with Gasteiger partial charge in [0, 0.05) is 6.04 Å². The van der Waals surface area contributed by atoms with Crippen LogP contribution in [-0.2, 0) is 11.3 Å². The zero-order valence-electron chi connectivity index (χ0n) is 8.12. The summed E-state index contributed by atoms with van der Waals surface area (Å²) in [5.74, 6) is 0.338. The Labute approximate surface area is 85.0 Å². The zero-order valence-corrected chi connectivity index (χ0v) is 8.12. The number of ether oxygens (including phenoxy) is 1. The lowest BCUT2D eigenvalue weighted by Gasteiger charge is -2.23. The molecule has 0 saturated carbocycles. The molecule has 15 heavy (non-hydrogen) atoms. The largest absolute Gasteiger partial charge is 0.467 e. The van der Waals surface area contributed by atoms with Crippen molar-refractivity contribution in [2.45, 2.75) is 31.9 Å². The Morgan fingerprint density at radius 2 is 2.20 bits per heavy atom. The minimum absolute atomic E-state index is 0.237. The van der Waals surface area contributed by atoms with Crippen LogP contribution in [0.3, 0.4) is 0 Å². The fraction of sp³-hybridized carbons (Fsp3) is 0.556. The van der Waals surface area contributed by atoms with Crippen molar-refractivity contribution in [2.24, 2.45) is 5.73 Å². The summed E-state index contributed by atoms with van der Waals surface area (Å²) in [7, 11) is 0. The molecular formula is C9H12F3NO2. The molecule has 0 amide bonds. The van der Waals surface area contributed by atoms with Gasteiger partial charge in [-0.15, -0.1) is 0 Å². The smallest absolute Gasteiger partial charge is 0.416 e. The van der Waals surface area contributed by atoms with Crippen LogP contribution in [-0.4, -0.2) is 18.3 Å². The Kier molecular flexibility index (Phi) is 3.76. The van der Waals surface area contributed by atoms with E-state index in [2.05, 4.69) is 4.74 Å². The van der Waals surface area contributed by atoms with Crippen molar-refractivity contribution in [1.82, 2.24) is 0 Å². The van der Waals surface area contributed by atoms with Gasteiger partial charge in [-0.3, -0.25) is 0 Å². The van der Waals surface area contributed by atoms with Gasteiger partial charge in [0.05, 0.1) is 6.26 Å². The van der Waals surface area contributed by atoms with Gasteiger partial charge in [0.2, 0.25) is 0 Å². The molecule has 0 bridgehead atoms. The van der Waals surface area contributed by atoms with Crippen LogP contribution >= 0.6 is 0 Å². The van der Waals surface area contributed by atoms with Crippen LogP contribution in [0.5, 0.6) is 0 Å². The first-order valence-corrected chi connectivity index (χ1v) is 4.37. The van der Waals surface area contributed by atoms with E-state index >= 15 is 0 Å². The predicted octanol–water partition coefficient (Wildman–Crippen LogP) is 2.07. The summed E-state index contributed by atoms with van der Waals surface area (Å²) in [5.41, 5.74) is 5.19. The molecule has 0 aliphatic heterocycles. The molecule has 1 rings (SSSR count). The van der Waals surface area contributed by atoms with Crippen molar-refractivity contribution in [3.05, 3.63) is 24.2 Å². The van der Waals surface area contributed by atoms with Crippen LogP contribution in [0.4, 0.5) is 13.2 Å². The topological polar surface area (TPSA) is 48.4 Å². The molecule has 86 valence electrons. The van der Waals surface area contributed by atoms with Gasteiger partial charge in [0.1, 0.15) is 12.4 Å². The fourth-order valence-electron chi connectivity index (χ4n) is 1.11. The third-order valence-corrected chi connectivity index (χ3v) is 1.79. The Balaban J connectivity index is 2.53. The van der Waals surface area contributed by atoms with Gasteiger partial charge in [0.25, 0.3) is 0 Å². The van der Waals surface area contributed by atoms with E-state index in [0.29, 0.717) is 5.76 Å². The number of furan rings is 1. The molecular weight excluding hydrogens is 211 g/mol. The monoisotopic (exact) mass is 223 g/mol. The fourth-order valence-corrected chi connectivity index (χ4v) is 1.11. The minimum atomic E-state index is -4.46. The van der Waals surface area contributed by atoms with E-state index < -0.39 is 18.3 Å². The molecule has 0 spiro atoms. The van der Waals surface area contributed by atoms with Gasteiger partial charge in [-0.25, -0.2) is 0 Å². The maximum Gasteiger partial charge on any atom is 0.416 e. The van der Waals surface area contributed by atoms with Crippen molar-refractivity contribution in [2.75, 3.05) is 0 Å². The van der Waals surface area contributed by atoms with Crippen LogP contribution in [0, 0.1) is 0 Å². The normalized spacial score (nSPS) is 16.3. The summed E-state index contributed by atoms with van der Waals surface area (Å²) in [6.07, 6.45) is -5.06. The van der Waals surface area contributed by atoms with Crippen molar-refractivity contribution in [3.63, 3.8) is 0 Å². The van der Waals surface area contributed by atoms with Crippen LogP contribution in [0.15, 0.2) is 22.8 Å². The summed E-state index contributed by atoms with van der Waals surface area (Å²) in [6, 6.07) is 2.00. The number of hydrogen-bond acceptors (Lipinski definition) is 3. The highest BCUT2D eigenvalue weighted by Gasteiger charge is 2.43. The molecule has 1 heterocycles. The zero-order chi connectivity index (χ0) is 11.5. The number of halogens is 3. The average molecular weight is 223 g/mol. The van der Waals surface area contributed by atoms with Gasteiger partial charge >= 0.3 is 6.18 Å². The van der Waals surface area contributed by atoms with Gasteiger partial charge in [-0.1, -0.05) is 0 Å². The Bertz CT molecular complexity index is 282. The highest BCUT2D eigenvalue weighted by atomic mass is 19.4. The summed E-state index contributed by atoms with van der Waals surface area (Å²) in [6.45, 7) is 1.01. The third-order valence-electron chi connectivity index (χ3n) is 1.79. The second-order valence-corrected chi connectivity index (χ2v) is 3.21. The maximum atomic E-state index is 12.4. The Morgan fingerprint density at radius 3 is 2.60 bits per heavy atom. The molecule has 0 saturated heterocycles. The quantitative estimate of drug-likeness (QED) is 0.850. The molecule has 2 atom stereocenters. The second-order valence-electron chi connectivity index (χ2n) is 3.21. The van der Waals surface area contributed by atoms with Crippen molar-refractivity contribution >= 4 is 0 Å².